The highest BCUT2D eigenvalue weighted by Crippen LogP contribution is 2.16. The number of nitrogens with zero attached hydrogens (tertiary/aromatic N) is 1. The number of hydrogen-bond donors (Lipinski definition) is 0. The van der Waals surface area contributed by atoms with Crippen LogP contribution in [0.2, 0.25) is 0 Å². The Kier molecular flexibility index (Phi) is 3.81. The van der Waals surface area contributed by atoms with Crippen LogP contribution in [0.3, 0.4) is 0 Å². The molecule has 3 heteroatoms. The van der Waals surface area contributed by atoms with Gasteiger partial charge in [-0.2, -0.15) is 0 Å². The van der Waals surface area contributed by atoms with Gasteiger partial charge in [-0.05, 0) is 13.8 Å². The predicted octanol–water partition coefficient (Wildman–Crippen LogP) is 1.26. The van der Waals surface area contributed by atoms with Crippen molar-refractivity contribution in [3.05, 3.63) is 0 Å². The van der Waals surface area contributed by atoms with Crippen molar-refractivity contribution in [3.63, 3.8) is 0 Å². The minimum Gasteiger partial charge on any atom is -0.300 e. The molecule has 3 nitrogen and oxygen atoms in total. The number of carbonyl (C=O) groups excluding carboxylic acids is 2. The first-order valence-corrected chi connectivity index (χ1v) is 5.27. The van der Waals surface area contributed by atoms with E-state index in [2.05, 4.69) is 11.8 Å². The summed E-state index contributed by atoms with van der Waals surface area (Å²) in [6.45, 7) is 7.28. The van der Waals surface area contributed by atoms with Crippen molar-refractivity contribution in [3.8, 4) is 0 Å². The van der Waals surface area contributed by atoms with Crippen LogP contribution < -0.4 is 0 Å². The van der Waals surface area contributed by atoms with Gasteiger partial charge >= 0.3 is 0 Å². The highest BCUT2D eigenvalue weighted by atomic mass is 16.1. The van der Waals surface area contributed by atoms with Crippen molar-refractivity contribution >= 4 is 11.6 Å². The van der Waals surface area contributed by atoms with Gasteiger partial charge in [-0.25, -0.2) is 0 Å². The van der Waals surface area contributed by atoms with E-state index in [1.807, 2.05) is 6.92 Å². The number of ketones is 2. The van der Waals surface area contributed by atoms with Crippen LogP contribution in [0.5, 0.6) is 0 Å². The Bertz CT molecular complexity index is 237. The van der Waals surface area contributed by atoms with Crippen molar-refractivity contribution in [1.29, 1.82) is 0 Å². The molecule has 2 atom stereocenters. The lowest BCUT2D eigenvalue weighted by atomic mass is 9.96. The molecule has 0 aromatic rings. The average molecular weight is 197 g/mol. The molecule has 0 aliphatic carbocycles. The van der Waals surface area contributed by atoms with E-state index in [0.717, 1.165) is 13.1 Å². The molecule has 0 radical (unpaired) electrons. The molecule has 0 aromatic heterocycles. The van der Waals surface area contributed by atoms with Gasteiger partial charge in [0.1, 0.15) is 11.6 Å². The molecule has 1 aliphatic heterocycles. The van der Waals surface area contributed by atoms with Crippen molar-refractivity contribution in [2.24, 2.45) is 5.92 Å². The molecule has 1 heterocycles. The van der Waals surface area contributed by atoms with Crippen LogP contribution in [0.1, 0.15) is 33.6 Å². The molecule has 1 saturated heterocycles. The summed E-state index contributed by atoms with van der Waals surface area (Å²) in [7, 11) is 0. The van der Waals surface area contributed by atoms with Crippen molar-refractivity contribution in [1.82, 2.24) is 4.90 Å². The second kappa shape index (κ2) is 4.69. The Balaban J connectivity index is 2.45. The number of piperidine rings is 1. The van der Waals surface area contributed by atoms with E-state index in [9.17, 15) is 9.59 Å². The van der Waals surface area contributed by atoms with Gasteiger partial charge in [0.2, 0.25) is 0 Å². The molecular weight excluding hydrogens is 178 g/mol. The molecule has 1 aliphatic rings. The van der Waals surface area contributed by atoms with Crippen molar-refractivity contribution < 1.29 is 9.59 Å². The molecule has 0 spiro atoms. The third-order valence-corrected chi connectivity index (χ3v) is 2.91. The molecule has 1 fully saturated rings. The lowest BCUT2D eigenvalue weighted by Crippen LogP contribution is -2.44. The number of carbonyl (C=O) groups is 2. The number of likely N-dealkylation sites (tertiary alicyclic amines) is 1. The standard InChI is InChI=1S/C11H19NO2/c1-8-7-12(5-4-11(8)14)9(2)6-10(3)13/h8-9H,4-7H2,1-3H3. The smallest absolute Gasteiger partial charge is 0.138 e. The van der Waals surface area contributed by atoms with E-state index in [0.29, 0.717) is 18.6 Å². The van der Waals surface area contributed by atoms with Crippen LogP contribution in [-0.4, -0.2) is 35.6 Å². The first-order chi connectivity index (χ1) is 6.50. The van der Waals surface area contributed by atoms with E-state index in [-0.39, 0.29) is 17.7 Å². The monoisotopic (exact) mass is 197 g/mol. The quantitative estimate of drug-likeness (QED) is 0.683. The van der Waals surface area contributed by atoms with Crippen LogP contribution in [0.4, 0.5) is 0 Å². The summed E-state index contributed by atoms with van der Waals surface area (Å²) < 4.78 is 0. The van der Waals surface area contributed by atoms with Gasteiger partial charge < -0.3 is 0 Å². The van der Waals surface area contributed by atoms with Gasteiger partial charge in [-0.15, -0.1) is 0 Å². The van der Waals surface area contributed by atoms with Gasteiger partial charge in [0.05, 0.1) is 0 Å². The summed E-state index contributed by atoms with van der Waals surface area (Å²) in [5.41, 5.74) is 0. The highest BCUT2D eigenvalue weighted by Gasteiger charge is 2.26. The Hall–Kier alpha value is -0.700. The van der Waals surface area contributed by atoms with Crippen LogP contribution >= 0.6 is 0 Å². The highest BCUT2D eigenvalue weighted by molar-refractivity contribution is 5.81. The molecule has 14 heavy (non-hydrogen) atoms. The molecule has 1 rings (SSSR count). The van der Waals surface area contributed by atoms with E-state index < -0.39 is 0 Å². The summed E-state index contributed by atoms with van der Waals surface area (Å²) in [6.07, 6.45) is 1.24. The van der Waals surface area contributed by atoms with E-state index in [1.165, 1.54) is 0 Å². The van der Waals surface area contributed by atoms with Gasteiger partial charge in [0.25, 0.3) is 0 Å². The van der Waals surface area contributed by atoms with Crippen LogP contribution in [0, 0.1) is 5.92 Å². The molecule has 2 unspecified atom stereocenters. The maximum absolute atomic E-state index is 11.3. The SMILES string of the molecule is CC(=O)CC(C)N1CCC(=O)C(C)C1. The summed E-state index contributed by atoms with van der Waals surface area (Å²) in [5, 5.41) is 0. The minimum atomic E-state index is 0.137. The lowest BCUT2D eigenvalue weighted by Gasteiger charge is -2.34. The Morgan fingerprint density at radius 3 is 2.79 bits per heavy atom. The van der Waals surface area contributed by atoms with Crippen LogP contribution in [0.15, 0.2) is 0 Å². The summed E-state index contributed by atoms with van der Waals surface area (Å²) in [6, 6.07) is 0.281. The number of hydrogen-bond acceptors (Lipinski definition) is 3. The zero-order chi connectivity index (χ0) is 10.7. The van der Waals surface area contributed by atoms with Gasteiger partial charge in [0.15, 0.2) is 0 Å². The molecule has 0 aromatic carbocycles. The third-order valence-electron chi connectivity index (χ3n) is 2.91. The second-order valence-electron chi connectivity index (χ2n) is 4.37. The van der Waals surface area contributed by atoms with E-state index >= 15 is 0 Å². The largest absolute Gasteiger partial charge is 0.300 e. The second-order valence-corrected chi connectivity index (χ2v) is 4.37. The topological polar surface area (TPSA) is 37.4 Å². The van der Waals surface area contributed by atoms with E-state index in [4.69, 9.17) is 0 Å². The fraction of sp³-hybridized carbons (Fsp3) is 0.818. The zero-order valence-electron chi connectivity index (χ0n) is 9.25. The van der Waals surface area contributed by atoms with Crippen LogP contribution in [0.25, 0.3) is 0 Å². The Morgan fingerprint density at radius 2 is 2.29 bits per heavy atom. The molecule has 0 saturated carbocycles. The average Bonchev–Trinajstić information content (AvgIpc) is 2.08. The van der Waals surface area contributed by atoms with E-state index in [1.54, 1.807) is 6.92 Å². The summed E-state index contributed by atoms with van der Waals surface area (Å²) in [5.74, 6) is 0.719. The molecule has 80 valence electrons. The summed E-state index contributed by atoms with van der Waals surface area (Å²) in [4.78, 5) is 24.5. The fourth-order valence-electron chi connectivity index (χ4n) is 1.99. The normalized spacial score (nSPS) is 26.2. The minimum absolute atomic E-state index is 0.137. The number of rotatable bonds is 3. The molecule has 0 bridgehead atoms. The maximum atomic E-state index is 11.3. The van der Waals surface area contributed by atoms with Crippen molar-refractivity contribution in [2.45, 2.75) is 39.7 Å². The first kappa shape index (κ1) is 11.4. The molecule has 0 N–H and O–H groups in total. The lowest BCUT2D eigenvalue weighted by molar-refractivity contribution is -0.126. The predicted molar refractivity (Wildman–Crippen MR) is 55.1 cm³/mol. The third kappa shape index (κ3) is 2.91. The van der Waals surface area contributed by atoms with Crippen molar-refractivity contribution in [2.75, 3.05) is 13.1 Å². The number of Topliss-reactive ketones (excluding diaryl/α,β-unsaturated/α-hetero) is 2. The van der Waals surface area contributed by atoms with Gasteiger partial charge in [-0.3, -0.25) is 14.5 Å². The molecular formula is C11H19NO2. The van der Waals surface area contributed by atoms with Crippen LogP contribution in [-0.2, 0) is 9.59 Å². The Morgan fingerprint density at radius 1 is 1.64 bits per heavy atom. The Labute approximate surface area is 85.5 Å². The summed E-state index contributed by atoms with van der Waals surface area (Å²) >= 11 is 0. The van der Waals surface area contributed by atoms with Gasteiger partial charge in [-0.1, -0.05) is 6.92 Å². The zero-order valence-corrected chi connectivity index (χ0v) is 9.25. The maximum Gasteiger partial charge on any atom is 0.138 e. The molecule has 0 amide bonds. The van der Waals surface area contributed by atoms with Gasteiger partial charge in [0, 0.05) is 37.9 Å². The fourth-order valence-corrected chi connectivity index (χ4v) is 1.99. The first-order valence-electron chi connectivity index (χ1n) is 5.27.